The molecular weight excluding hydrogens is 688 g/mol. The Morgan fingerprint density at radius 1 is 0.491 bits per heavy atom. The van der Waals surface area contributed by atoms with Crippen LogP contribution >= 0.6 is 0 Å². The van der Waals surface area contributed by atoms with Crippen molar-refractivity contribution < 1.29 is 26.3 Å². The average molecular weight is 712 g/mol. The predicted molar refractivity (Wildman–Crippen MR) is 191 cm³/mol. The molecule has 0 spiro atoms. The maximum Gasteiger partial charge on any atom is 0.417 e. The minimum Gasteiger partial charge on any atom is -0.309 e. The number of hydrogen-bond acceptors (Lipinski definition) is 4. The fourth-order valence-corrected chi connectivity index (χ4v) is 6.53. The summed E-state index contributed by atoms with van der Waals surface area (Å²) in [6.45, 7) is 0. The third kappa shape index (κ3) is 6.14. The zero-order valence-corrected chi connectivity index (χ0v) is 27.3. The van der Waals surface area contributed by atoms with Gasteiger partial charge in [-0.3, -0.25) is 0 Å². The van der Waals surface area contributed by atoms with Crippen LogP contribution in [0.5, 0.6) is 0 Å². The number of aromatic nitrogens is 4. The lowest BCUT2D eigenvalue weighted by Gasteiger charge is -2.19. The first kappa shape index (κ1) is 33.3. The summed E-state index contributed by atoms with van der Waals surface area (Å²) in [6, 6.07) is 39.2. The fraction of sp³-hybridized carbons (Fsp3) is 0.0476. The van der Waals surface area contributed by atoms with Gasteiger partial charge >= 0.3 is 12.4 Å². The molecule has 2 aromatic heterocycles. The molecule has 0 saturated heterocycles. The van der Waals surface area contributed by atoms with Crippen molar-refractivity contribution in [3.8, 4) is 57.0 Å². The van der Waals surface area contributed by atoms with Gasteiger partial charge in [-0.1, -0.05) is 91.0 Å². The van der Waals surface area contributed by atoms with E-state index in [1.165, 1.54) is 6.07 Å². The highest BCUT2D eigenvalue weighted by Gasteiger charge is 2.39. The normalized spacial score (nSPS) is 11.9. The van der Waals surface area contributed by atoms with Gasteiger partial charge in [-0.2, -0.15) is 31.6 Å². The van der Waals surface area contributed by atoms with Crippen LogP contribution in [0, 0.1) is 11.3 Å². The van der Waals surface area contributed by atoms with E-state index < -0.39 is 29.0 Å². The van der Waals surface area contributed by atoms with Gasteiger partial charge in [0.15, 0.2) is 17.5 Å². The van der Waals surface area contributed by atoms with Gasteiger partial charge in [-0.05, 0) is 59.7 Å². The van der Waals surface area contributed by atoms with E-state index in [9.17, 15) is 31.6 Å². The van der Waals surface area contributed by atoms with E-state index in [0.29, 0.717) is 28.4 Å². The molecule has 0 fully saturated rings. The number of halogens is 6. The van der Waals surface area contributed by atoms with E-state index in [-0.39, 0.29) is 34.7 Å². The van der Waals surface area contributed by atoms with Crippen molar-refractivity contribution in [3.05, 3.63) is 156 Å². The highest BCUT2D eigenvalue weighted by Crippen LogP contribution is 2.44. The molecule has 11 heteroatoms. The van der Waals surface area contributed by atoms with E-state index >= 15 is 0 Å². The van der Waals surface area contributed by atoms with Crippen LogP contribution < -0.4 is 0 Å². The summed E-state index contributed by atoms with van der Waals surface area (Å²) in [5.74, 6) is 0.500. The van der Waals surface area contributed by atoms with Crippen LogP contribution in [0.25, 0.3) is 72.8 Å². The third-order valence-electron chi connectivity index (χ3n) is 8.95. The van der Waals surface area contributed by atoms with Crippen LogP contribution in [0.1, 0.15) is 16.7 Å². The Morgan fingerprint density at radius 2 is 1.08 bits per heavy atom. The van der Waals surface area contributed by atoms with E-state index in [2.05, 4.69) is 6.07 Å². The van der Waals surface area contributed by atoms with Gasteiger partial charge in [-0.25, -0.2) is 15.0 Å². The van der Waals surface area contributed by atoms with Crippen molar-refractivity contribution in [3.63, 3.8) is 0 Å². The number of hydrogen-bond donors (Lipinski definition) is 0. The van der Waals surface area contributed by atoms with E-state index in [4.69, 9.17) is 15.0 Å². The molecule has 6 aromatic carbocycles. The quantitative estimate of drug-likeness (QED) is 0.167. The van der Waals surface area contributed by atoms with Gasteiger partial charge in [0.2, 0.25) is 0 Å². The summed E-state index contributed by atoms with van der Waals surface area (Å²) in [5, 5.41) is 11.2. The monoisotopic (exact) mass is 711 g/mol. The lowest BCUT2D eigenvalue weighted by molar-refractivity contribution is -0.142. The molecule has 0 aliphatic rings. The minimum absolute atomic E-state index is 0.00936. The molecule has 5 nitrogen and oxygen atoms in total. The molecule has 8 aromatic rings. The van der Waals surface area contributed by atoms with Crippen molar-refractivity contribution in [2.24, 2.45) is 0 Å². The van der Waals surface area contributed by atoms with Crippen molar-refractivity contribution in [1.82, 2.24) is 19.5 Å². The average Bonchev–Trinajstić information content (AvgIpc) is 3.51. The first-order valence-corrected chi connectivity index (χ1v) is 16.2. The number of benzene rings is 6. The zero-order chi connectivity index (χ0) is 36.9. The maximum atomic E-state index is 14.7. The van der Waals surface area contributed by atoms with Crippen LogP contribution in [-0.2, 0) is 12.4 Å². The molecule has 0 aliphatic heterocycles. The lowest BCUT2D eigenvalue weighted by atomic mass is 9.92. The van der Waals surface area contributed by atoms with Gasteiger partial charge in [0.25, 0.3) is 0 Å². The van der Waals surface area contributed by atoms with E-state index in [1.54, 1.807) is 78.9 Å². The Balaban J connectivity index is 1.46. The number of nitriles is 1. The Labute approximate surface area is 298 Å². The van der Waals surface area contributed by atoms with Crippen LogP contribution in [0.3, 0.4) is 0 Å². The summed E-state index contributed by atoms with van der Waals surface area (Å²) in [4.78, 5) is 14.3. The molecular formula is C42H23F6N5. The van der Waals surface area contributed by atoms with Crippen molar-refractivity contribution in [1.29, 1.82) is 5.26 Å². The summed E-state index contributed by atoms with van der Waals surface area (Å²) < 4.78 is 87.2. The number of fused-ring (bicyclic) bond motifs is 3. The molecule has 8 rings (SSSR count). The summed E-state index contributed by atoms with van der Waals surface area (Å²) in [7, 11) is 0. The van der Waals surface area contributed by atoms with Crippen molar-refractivity contribution in [2.45, 2.75) is 12.4 Å². The molecule has 0 radical (unpaired) electrons. The molecule has 0 unspecified atom stereocenters. The fourth-order valence-electron chi connectivity index (χ4n) is 6.53. The Hall–Kier alpha value is -6.80. The van der Waals surface area contributed by atoms with E-state index in [1.807, 2.05) is 41.0 Å². The number of rotatable bonds is 5. The van der Waals surface area contributed by atoms with Crippen molar-refractivity contribution in [2.75, 3.05) is 0 Å². The highest BCUT2D eigenvalue weighted by atomic mass is 19.4. The van der Waals surface area contributed by atoms with Crippen LogP contribution in [0.2, 0.25) is 0 Å². The Bertz CT molecular complexity index is 2650. The molecule has 0 amide bonds. The molecule has 0 N–H and O–H groups in total. The number of alkyl halides is 6. The van der Waals surface area contributed by atoms with Gasteiger partial charge < -0.3 is 4.57 Å². The lowest BCUT2D eigenvalue weighted by Crippen LogP contribution is -2.12. The first-order valence-electron chi connectivity index (χ1n) is 16.2. The Kier molecular flexibility index (Phi) is 8.03. The molecule has 0 atom stereocenters. The second kappa shape index (κ2) is 12.8. The second-order valence-electron chi connectivity index (χ2n) is 12.2. The summed E-state index contributed by atoms with van der Waals surface area (Å²) in [6.07, 6.45) is -10.1. The molecule has 53 heavy (non-hydrogen) atoms. The van der Waals surface area contributed by atoms with Gasteiger partial charge in [0, 0.05) is 33.2 Å². The standard InChI is InChI=1S/C42H23F6N5/c43-41(44,45)28-16-18-31(35(22-28)42(46,47)48)30-19-17-29(53-36-14-8-7-13-32(36)33-21-25(24-49)15-20-37(33)53)23-34(30)40-51-38(26-9-3-1-4-10-26)50-39(52-40)27-11-5-2-6-12-27/h1-23H. The molecule has 0 saturated carbocycles. The zero-order valence-electron chi connectivity index (χ0n) is 27.3. The van der Waals surface area contributed by atoms with Crippen LogP contribution in [-0.4, -0.2) is 19.5 Å². The minimum atomic E-state index is -5.14. The van der Waals surface area contributed by atoms with E-state index in [0.717, 1.165) is 27.9 Å². The van der Waals surface area contributed by atoms with Gasteiger partial charge in [-0.15, -0.1) is 0 Å². The predicted octanol–water partition coefficient (Wildman–Crippen LogP) is 11.5. The molecule has 258 valence electrons. The van der Waals surface area contributed by atoms with Crippen molar-refractivity contribution >= 4 is 21.8 Å². The van der Waals surface area contributed by atoms with Crippen LogP contribution in [0.4, 0.5) is 26.3 Å². The SMILES string of the molecule is N#Cc1ccc2c(c1)c1ccccc1n2-c1ccc(-c2ccc(C(F)(F)F)cc2C(F)(F)F)c(-c2nc(-c3ccccc3)nc(-c3ccccc3)n2)c1. The van der Waals surface area contributed by atoms with Gasteiger partial charge in [0.05, 0.1) is 33.8 Å². The largest absolute Gasteiger partial charge is 0.417 e. The third-order valence-corrected chi connectivity index (χ3v) is 8.95. The first-order chi connectivity index (χ1) is 25.5. The molecule has 0 aliphatic carbocycles. The number of nitrogens with zero attached hydrogens (tertiary/aromatic N) is 5. The smallest absolute Gasteiger partial charge is 0.309 e. The molecule has 2 heterocycles. The Morgan fingerprint density at radius 3 is 1.70 bits per heavy atom. The highest BCUT2D eigenvalue weighted by molar-refractivity contribution is 6.09. The van der Waals surface area contributed by atoms with Crippen LogP contribution in [0.15, 0.2) is 140 Å². The topological polar surface area (TPSA) is 67.4 Å². The summed E-state index contributed by atoms with van der Waals surface area (Å²) >= 11 is 0. The number of para-hydroxylation sites is 1. The van der Waals surface area contributed by atoms with Gasteiger partial charge in [0.1, 0.15) is 0 Å². The maximum absolute atomic E-state index is 14.7. The second-order valence-corrected chi connectivity index (χ2v) is 12.2. The summed E-state index contributed by atoms with van der Waals surface area (Å²) in [5.41, 5.74) is 0.418. The molecule has 0 bridgehead atoms.